The molecule has 0 aromatic heterocycles. The van der Waals surface area contributed by atoms with Crippen LogP contribution in [0, 0.1) is 0 Å². The summed E-state index contributed by atoms with van der Waals surface area (Å²) in [5, 5.41) is 0. The standard InChI is InChI=1S/C27H54N2/c1-5-7-9-11-12-13-14-15-16-17-18-19-20-22-27-28(23-21-10-8-6-2)24-25-29(27)26(3)4/h24-27H,5-23H2,1-4H3. The molecule has 0 amide bonds. The van der Waals surface area contributed by atoms with Crippen molar-refractivity contribution in [2.24, 2.45) is 0 Å². The van der Waals surface area contributed by atoms with Crippen LogP contribution in [-0.2, 0) is 0 Å². The Hall–Kier alpha value is -0.660. The minimum absolute atomic E-state index is 0.610. The molecule has 0 radical (unpaired) electrons. The molecular weight excluding hydrogens is 352 g/mol. The highest BCUT2D eigenvalue weighted by Crippen LogP contribution is 2.24. The Morgan fingerprint density at radius 3 is 1.52 bits per heavy atom. The van der Waals surface area contributed by atoms with E-state index >= 15 is 0 Å². The van der Waals surface area contributed by atoms with Crippen LogP contribution in [0.3, 0.4) is 0 Å². The van der Waals surface area contributed by atoms with E-state index in [0.717, 1.165) is 0 Å². The van der Waals surface area contributed by atoms with Crippen LogP contribution >= 0.6 is 0 Å². The highest BCUT2D eigenvalue weighted by Gasteiger charge is 2.26. The van der Waals surface area contributed by atoms with Gasteiger partial charge < -0.3 is 9.80 Å². The Labute approximate surface area is 184 Å². The SMILES string of the molecule is CCCCCCCCCCCCCCCC1N(CCCCCC)C=CN1C(C)C. The van der Waals surface area contributed by atoms with Gasteiger partial charge in [0.25, 0.3) is 0 Å². The molecule has 1 unspecified atom stereocenters. The lowest BCUT2D eigenvalue weighted by molar-refractivity contribution is 0.114. The van der Waals surface area contributed by atoms with E-state index in [0.29, 0.717) is 12.2 Å². The second-order valence-corrected chi connectivity index (χ2v) is 9.65. The Morgan fingerprint density at radius 2 is 1.03 bits per heavy atom. The maximum atomic E-state index is 2.62. The predicted molar refractivity (Wildman–Crippen MR) is 131 cm³/mol. The van der Waals surface area contributed by atoms with Crippen molar-refractivity contribution in [1.29, 1.82) is 0 Å². The molecule has 0 N–H and O–H groups in total. The van der Waals surface area contributed by atoms with Gasteiger partial charge in [0.15, 0.2) is 0 Å². The van der Waals surface area contributed by atoms with Crippen LogP contribution < -0.4 is 0 Å². The van der Waals surface area contributed by atoms with Crippen LogP contribution in [0.4, 0.5) is 0 Å². The predicted octanol–water partition coefficient (Wildman–Crippen LogP) is 8.87. The maximum absolute atomic E-state index is 2.62. The normalized spacial score (nSPS) is 16.5. The molecule has 1 aliphatic heterocycles. The van der Waals surface area contributed by atoms with Crippen molar-refractivity contribution >= 4 is 0 Å². The third-order valence-corrected chi connectivity index (χ3v) is 6.59. The molecule has 0 aliphatic carbocycles. The molecule has 1 aliphatic rings. The number of hydrogen-bond donors (Lipinski definition) is 0. The van der Waals surface area contributed by atoms with Crippen molar-refractivity contribution in [3.05, 3.63) is 12.4 Å². The molecule has 29 heavy (non-hydrogen) atoms. The molecule has 2 nitrogen and oxygen atoms in total. The minimum atomic E-state index is 0.610. The lowest BCUT2D eigenvalue weighted by Gasteiger charge is -2.35. The second kappa shape index (κ2) is 18.1. The molecule has 1 rings (SSSR count). The quantitative estimate of drug-likeness (QED) is 0.186. The number of nitrogens with zero attached hydrogens (tertiary/aromatic N) is 2. The van der Waals surface area contributed by atoms with Gasteiger partial charge in [0.1, 0.15) is 6.17 Å². The Bertz CT molecular complexity index is 377. The van der Waals surface area contributed by atoms with E-state index in [-0.39, 0.29) is 0 Å². The fourth-order valence-corrected chi connectivity index (χ4v) is 4.65. The molecule has 0 aromatic carbocycles. The van der Waals surface area contributed by atoms with Gasteiger partial charge in [-0.05, 0) is 33.1 Å². The summed E-state index contributed by atoms with van der Waals surface area (Å²) in [5.74, 6) is 0. The first-order valence-corrected chi connectivity index (χ1v) is 13.4. The average Bonchev–Trinajstić information content (AvgIpc) is 3.12. The number of rotatable bonds is 20. The Kier molecular flexibility index (Phi) is 16.5. The zero-order chi connectivity index (χ0) is 21.2. The van der Waals surface area contributed by atoms with Gasteiger partial charge in [0.05, 0.1) is 0 Å². The molecule has 0 bridgehead atoms. The van der Waals surface area contributed by atoms with E-state index in [4.69, 9.17) is 0 Å². The van der Waals surface area contributed by atoms with Crippen LogP contribution in [-0.4, -0.2) is 28.6 Å². The highest BCUT2D eigenvalue weighted by molar-refractivity contribution is 4.98. The summed E-state index contributed by atoms with van der Waals surface area (Å²) in [5.41, 5.74) is 0. The van der Waals surface area contributed by atoms with Gasteiger partial charge in [-0.3, -0.25) is 0 Å². The molecule has 0 saturated heterocycles. The molecule has 0 saturated carbocycles. The lowest BCUT2D eigenvalue weighted by atomic mass is 10.0. The fourth-order valence-electron chi connectivity index (χ4n) is 4.65. The van der Waals surface area contributed by atoms with Gasteiger partial charge in [-0.15, -0.1) is 0 Å². The highest BCUT2D eigenvalue weighted by atomic mass is 15.4. The third-order valence-electron chi connectivity index (χ3n) is 6.59. The zero-order valence-electron chi connectivity index (χ0n) is 20.6. The number of unbranched alkanes of at least 4 members (excludes halogenated alkanes) is 15. The average molecular weight is 407 g/mol. The monoisotopic (exact) mass is 406 g/mol. The van der Waals surface area contributed by atoms with Crippen LogP contribution in [0.1, 0.15) is 143 Å². The van der Waals surface area contributed by atoms with Gasteiger partial charge in [0.2, 0.25) is 0 Å². The van der Waals surface area contributed by atoms with Crippen LogP contribution in [0.5, 0.6) is 0 Å². The van der Waals surface area contributed by atoms with E-state index in [2.05, 4.69) is 49.9 Å². The largest absolute Gasteiger partial charge is 0.356 e. The Balaban J connectivity index is 2.05. The van der Waals surface area contributed by atoms with E-state index in [9.17, 15) is 0 Å². The summed E-state index contributed by atoms with van der Waals surface area (Å²) in [7, 11) is 0. The summed E-state index contributed by atoms with van der Waals surface area (Å²) in [4.78, 5) is 5.20. The van der Waals surface area contributed by atoms with E-state index in [1.807, 2.05) is 0 Å². The van der Waals surface area contributed by atoms with Crippen LogP contribution in [0.15, 0.2) is 12.4 Å². The van der Waals surface area contributed by atoms with E-state index in [1.54, 1.807) is 0 Å². The van der Waals surface area contributed by atoms with Crippen molar-refractivity contribution in [2.75, 3.05) is 6.54 Å². The smallest absolute Gasteiger partial charge is 0.101 e. The summed E-state index contributed by atoms with van der Waals surface area (Å²) in [6, 6.07) is 0.610. The molecule has 1 heterocycles. The van der Waals surface area contributed by atoms with Crippen molar-refractivity contribution in [1.82, 2.24) is 9.80 Å². The van der Waals surface area contributed by atoms with E-state index < -0.39 is 0 Å². The third kappa shape index (κ3) is 12.6. The molecule has 1 atom stereocenters. The number of hydrogen-bond acceptors (Lipinski definition) is 2. The molecule has 0 spiro atoms. The first-order chi connectivity index (χ1) is 14.2. The van der Waals surface area contributed by atoms with Crippen molar-refractivity contribution in [3.8, 4) is 0 Å². The van der Waals surface area contributed by atoms with E-state index in [1.165, 1.54) is 122 Å². The summed E-state index contributed by atoms with van der Waals surface area (Å²) < 4.78 is 0. The fraction of sp³-hybridized carbons (Fsp3) is 0.926. The van der Waals surface area contributed by atoms with Crippen LogP contribution in [0.25, 0.3) is 0 Å². The summed E-state index contributed by atoms with van der Waals surface area (Å²) in [6.45, 7) is 10.5. The molecule has 0 aromatic rings. The minimum Gasteiger partial charge on any atom is -0.356 e. The van der Waals surface area contributed by atoms with Crippen molar-refractivity contribution < 1.29 is 0 Å². The molecule has 2 heteroatoms. The Morgan fingerprint density at radius 1 is 0.586 bits per heavy atom. The summed E-state index contributed by atoms with van der Waals surface area (Å²) >= 11 is 0. The van der Waals surface area contributed by atoms with Gasteiger partial charge in [-0.25, -0.2) is 0 Å². The first kappa shape index (κ1) is 26.4. The van der Waals surface area contributed by atoms with Gasteiger partial charge in [-0.1, -0.05) is 110 Å². The van der Waals surface area contributed by atoms with Crippen molar-refractivity contribution in [3.63, 3.8) is 0 Å². The molecule has 172 valence electrons. The van der Waals surface area contributed by atoms with Crippen molar-refractivity contribution in [2.45, 2.75) is 155 Å². The maximum Gasteiger partial charge on any atom is 0.101 e. The first-order valence-electron chi connectivity index (χ1n) is 13.4. The second-order valence-electron chi connectivity index (χ2n) is 9.65. The van der Waals surface area contributed by atoms with Gasteiger partial charge >= 0.3 is 0 Å². The molecular formula is C27H54N2. The lowest BCUT2D eigenvalue weighted by Crippen LogP contribution is -2.42. The van der Waals surface area contributed by atoms with Gasteiger partial charge in [0, 0.05) is 25.0 Å². The zero-order valence-corrected chi connectivity index (χ0v) is 20.6. The van der Waals surface area contributed by atoms with Gasteiger partial charge in [-0.2, -0.15) is 0 Å². The molecule has 0 fully saturated rings. The summed E-state index contributed by atoms with van der Waals surface area (Å²) in [6.07, 6.45) is 30.8. The van der Waals surface area contributed by atoms with Crippen LogP contribution in [0.2, 0.25) is 0 Å². The topological polar surface area (TPSA) is 6.48 Å².